The van der Waals surface area contributed by atoms with Crippen LogP contribution in [0.3, 0.4) is 0 Å². The van der Waals surface area contributed by atoms with Crippen LogP contribution in [0.1, 0.15) is 35.4 Å². The Kier molecular flexibility index (Phi) is 4.52. The summed E-state index contributed by atoms with van der Waals surface area (Å²) >= 11 is 1.48. The third-order valence-corrected chi connectivity index (χ3v) is 5.46. The minimum absolute atomic E-state index is 0.0250. The molecule has 0 unspecified atom stereocenters. The Labute approximate surface area is 155 Å². The van der Waals surface area contributed by atoms with Crippen LogP contribution in [0, 0.1) is 0 Å². The molecule has 2 atom stereocenters. The molecule has 0 radical (unpaired) electrons. The molecule has 0 bridgehead atoms. The molecule has 0 aromatic carbocycles. The lowest BCUT2D eigenvalue weighted by molar-refractivity contribution is 0.0787. The number of pyridine rings is 1. The molecule has 4 rings (SSSR count). The normalized spacial score (nSPS) is 18.2. The standard InChI is InChI=1S/C18H20N6OS/c1-11(12-3-2-6-20-9-12)21-18-22-14-5-8-26-16(14)15(23-18)17(25)24-7-4-13(19)10-24/h2-3,5-6,8-9,11,13H,4,7,10,19H2,1H3,(H,21,22,23)/t11-,13-/m0/s1. The molecule has 1 saturated heterocycles. The van der Waals surface area contributed by atoms with Gasteiger partial charge in [0.25, 0.3) is 5.91 Å². The second-order valence-corrected chi connectivity index (χ2v) is 7.40. The van der Waals surface area contributed by atoms with Gasteiger partial charge in [0.15, 0.2) is 5.69 Å². The minimum atomic E-state index is -0.0788. The largest absolute Gasteiger partial charge is 0.348 e. The van der Waals surface area contributed by atoms with Gasteiger partial charge < -0.3 is 16.0 Å². The Bertz CT molecular complexity index is 928. The van der Waals surface area contributed by atoms with E-state index in [1.807, 2.05) is 30.5 Å². The molecular weight excluding hydrogens is 348 g/mol. The molecule has 1 fully saturated rings. The average Bonchev–Trinajstić information content (AvgIpc) is 3.30. The molecule has 0 saturated carbocycles. The van der Waals surface area contributed by atoms with E-state index in [9.17, 15) is 4.79 Å². The smallest absolute Gasteiger partial charge is 0.274 e. The molecule has 3 aromatic heterocycles. The number of hydrogen-bond acceptors (Lipinski definition) is 7. The van der Waals surface area contributed by atoms with Crippen LogP contribution in [0.15, 0.2) is 36.0 Å². The van der Waals surface area contributed by atoms with Crippen molar-refractivity contribution in [2.45, 2.75) is 25.4 Å². The van der Waals surface area contributed by atoms with Crippen LogP contribution in [0.2, 0.25) is 0 Å². The quantitative estimate of drug-likeness (QED) is 0.734. The molecule has 1 aliphatic heterocycles. The molecule has 4 heterocycles. The lowest BCUT2D eigenvalue weighted by Gasteiger charge is -2.17. The Morgan fingerprint density at radius 2 is 2.31 bits per heavy atom. The summed E-state index contributed by atoms with van der Waals surface area (Å²) in [6.45, 7) is 3.26. The van der Waals surface area contributed by atoms with Crippen molar-refractivity contribution in [3.63, 3.8) is 0 Å². The number of nitrogens with two attached hydrogens (primary N) is 1. The number of amides is 1. The Morgan fingerprint density at radius 3 is 3.04 bits per heavy atom. The van der Waals surface area contributed by atoms with Crippen LogP contribution in [0.25, 0.3) is 10.2 Å². The van der Waals surface area contributed by atoms with Gasteiger partial charge in [-0.3, -0.25) is 9.78 Å². The third-order valence-electron chi connectivity index (χ3n) is 4.55. The molecule has 3 N–H and O–H groups in total. The molecule has 1 aliphatic rings. The van der Waals surface area contributed by atoms with E-state index in [1.165, 1.54) is 11.3 Å². The highest BCUT2D eigenvalue weighted by Crippen LogP contribution is 2.27. The fraction of sp³-hybridized carbons (Fsp3) is 0.333. The highest BCUT2D eigenvalue weighted by atomic mass is 32.1. The van der Waals surface area contributed by atoms with Crippen molar-refractivity contribution in [3.8, 4) is 0 Å². The molecule has 3 aromatic rings. The first-order valence-corrected chi connectivity index (χ1v) is 9.46. The van der Waals surface area contributed by atoms with Gasteiger partial charge in [0, 0.05) is 31.5 Å². The molecule has 26 heavy (non-hydrogen) atoms. The van der Waals surface area contributed by atoms with Crippen LogP contribution in [0.4, 0.5) is 5.95 Å². The van der Waals surface area contributed by atoms with Crippen molar-refractivity contribution in [2.75, 3.05) is 18.4 Å². The zero-order chi connectivity index (χ0) is 18.1. The van der Waals surface area contributed by atoms with Gasteiger partial charge in [-0.05, 0) is 36.4 Å². The van der Waals surface area contributed by atoms with Gasteiger partial charge in [0.1, 0.15) is 0 Å². The van der Waals surface area contributed by atoms with Gasteiger partial charge in [0.2, 0.25) is 5.95 Å². The third kappa shape index (κ3) is 3.25. The Hall–Kier alpha value is -2.58. The van der Waals surface area contributed by atoms with E-state index in [0.29, 0.717) is 24.7 Å². The summed E-state index contributed by atoms with van der Waals surface area (Å²) < 4.78 is 0.815. The van der Waals surface area contributed by atoms with E-state index in [4.69, 9.17) is 5.73 Å². The van der Waals surface area contributed by atoms with Crippen LogP contribution < -0.4 is 11.1 Å². The molecule has 7 nitrogen and oxygen atoms in total. The Morgan fingerprint density at radius 1 is 1.42 bits per heavy atom. The maximum atomic E-state index is 13.0. The highest BCUT2D eigenvalue weighted by molar-refractivity contribution is 7.17. The monoisotopic (exact) mass is 368 g/mol. The van der Waals surface area contributed by atoms with Crippen molar-refractivity contribution in [2.24, 2.45) is 5.73 Å². The average molecular weight is 368 g/mol. The van der Waals surface area contributed by atoms with Crippen LogP contribution in [-0.4, -0.2) is 44.9 Å². The zero-order valence-electron chi connectivity index (χ0n) is 14.4. The maximum Gasteiger partial charge on any atom is 0.274 e. The Balaban J connectivity index is 1.65. The minimum Gasteiger partial charge on any atom is -0.348 e. The van der Waals surface area contributed by atoms with E-state index >= 15 is 0 Å². The van der Waals surface area contributed by atoms with E-state index < -0.39 is 0 Å². The summed E-state index contributed by atoms with van der Waals surface area (Å²) in [6, 6.07) is 5.81. The van der Waals surface area contributed by atoms with Crippen molar-refractivity contribution in [1.29, 1.82) is 0 Å². The van der Waals surface area contributed by atoms with E-state index in [-0.39, 0.29) is 18.0 Å². The number of fused-ring (bicyclic) bond motifs is 1. The van der Waals surface area contributed by atoms with Crippen molar-refractivity contribution in [1.82, 2.24) is 19.9 Å². The molecule has 0 spiro atoms. The predicted molar refractivity (Wildman–Crippen MR) is 102 cm³/mol. The van der Waals surface area contributed by atoms with Crippen molar-refractivity contribution in [3.05, 3.63) is 47.2 Å². The topological polar surface area (TPSA) is 97.0 Å². The predicted octanol–water partition coefficient (Wildman–Crippen LogP) is 2.43. The molecule has 0 aliphatic carbocycles. The van der Waals surface area contributed by atoms with E-state index in [2.05, 4.69) is 20.3 Å². The second kappa shape index (κ2) is 6.97. The van der Waals surface area contributed by atoms with E-state index in [1.54, 1.807) is 17.3 Å². The summed E-state index contributed by atoms with van der Waals surface area (Å²) in [5.41, 5.74) is 8.20. The highest BCUT2D eigenvalue weighted by Gasteiger charge is 2.28. The van der Waals surface area contributed by atoms with Gasteiger partial charge in [-0.15, -0.1) is 11.3 Å². The zero-order valence-corrected chi connectivity index (χ0v) is 15.2. The molecule has 8 heteroatoms. The number of nitrogens with zero attached hydrogens (tertiary/aromatic N) is 4. The lowest BCUT2D eigenvalue weighted by atomic mass is 10.1. The summed E-state index contributed by atoms with van der Waals surface area (Å²) in [7, 11) is 0. The maximum absolute atomic E-state index is 13.0. The number of carbonyl (C=O) groups excluding carboxylic acids is 1. The number of thiophene rings is 1. The van der Waals surface area contributed by atoms with Crippen LogP contribution in [-0.2, 0) is 0 Å². The van der Waals surface area contributed by atoms with Crippen LogP contribution >= 0.6 is 11.3 Å². The van der Waals surface area contributed by atoms with Crippen molar-refractivity contribution < 1.29 is 4.79 Å². The number of aromatic nitrogens is 3. The SMILES string of the molecule is C[C@H](Nc1nc(C(=O)N2CC[C@H](N)C2)c2sccc2n1)c1cccnc1. The number of rotatable bonds is 4. The molecule has 134 valence electrons. The second-order valence-electron chi connectivity index (χ2n) is 6.48. The van der Waals surface area contributed by atoms with E-state index in [0.717, 1.165) is 22.2 Å². The van der Waals surface area contributed by atoms with Gasteiger partial charge >= 0.3 is 0 Å². The number of hydrogen-bond donors (Lipinski definition) is 2. The molecular formula is C18H20N6OS. The number of nitrogens with one attached hydrogen (secondary N) is 1. The fourth-order valence-electron chi connectivity index (χ4n) is 3.10. The fourth-order valence-corrected chi connectivity index (χ4v) is 3.92. The van der Waals surface area contributed by atoms with Crippen molar-refractivity contribution >= 4 is 33.4 Å². The number of carbonyl (C=O) groups is 1. The first-order chi connectivity index (χ1) is 12.6. The summed E-state index contributed by atoms with van der Waals surface area (Å²) in [4.78, 5) is 28.0. The summed E-state index contributed by atoms with van der Waals surface area (Å²) in [5.74, 6) is 0.365. The molecule has 1 amide bonds. The summed E-state index contributed by atoms with van der Waals surface area (Å²) in [6.07, 6.45) is 4.37. The van der Waals surface area contributed by atoms with Gasteiger partial charge in [-0.1, -0.05) is 6.07 Å². The first kappa shape index (κ1) is 16.9. The first-order valence-electron chi connectivity index (χ1n) is 8.58. The van der Waals surface area contributed by atoms with Crippen LogP contribution in [0.5, 0.6) is 0 Å². The van der Waals surface area contributed by atoms with Gasteiger partial charge in [-0.25, -0.2) is 9.97 Å². The lowest BCUT2D eigenvalue weighted by Crippen LogP contribution is -2.32. The summed E-state index contributed by atoms with van der Waals surface area (Å²) in [5, 5.41) is 5.21. The number of likely N-dealkylation sites (tertiary alicyclic amines) is 1. The van der Waals surface area contributed by atoms with Gasteiger partial charge in [-0.2, -0.15) is 0 Å². The van der Waals surface area contributed by atoms with Gasteiger partial charge in [0.05, 0.1) is 16.3 Å². The number of anilines is 1.